The zero-order chi connectivity index (χ0) is 22.3. The maximum absolute atomic E-state index is 12.9. The van der Waals surface area contributed by atoms with E-state index in [4.69, 9.17) is 25.8 Å². The van der Waals surface area contributed by atoms with Gasteiger partial charge in [-0.25, -0.2) is 4.79 Å². The Hall–Kier alpha value is -2.78. The Balaban J connectivity index is 1.32. The third-order valence-corrected chi connectivity index (χ3v) is 7.26. The van der Waals surface area contributed by atoms with Gasteiger partial charge in [-0.3, -0.25) is 0 Å². The van der Waals surface area contributed by atoms with Crippen LogP contribution in [0, 0.1) is 0 Å². The highest BCUT2D eigenvalue weighted by molar-refractivity contribution is 7.90. The molecule has 5 rings (SSSR count). The number of likely N-dealkylation sites (tertiary alicyclic amines) is 1. The molecule has 0 spiro atoms. The highest BCUT2D eigenvalue weighted by Gasteiger charge is 2.39. The molecule has 10 heteroatoms. The number of carbonyl (C=O) groups is 1. The number of nitrogens with zero attached hydrogens (tertiary/aromatic N) is 2. The van der Waals surface area contributed by atoms with Crippen molar-refractivity contribution in [3.05, 3.63) is 52.5 Å². The summed E-state index contributed by atoms with van der Waals surface area (Å²) in [5, 5.41) is 0.403. The van der Waals surface area contributed by atoms with Crippen molar-refractivity contribution >= 4 is 33.4 Å². The van der Waals surface area contributed by atoms with E-state index in [1.807, 2.05) is 0 Å². The average molecular weight is 477 g/mol. The minimum Gasteiger partial charge on any atom is -0.489 e. The van der Waals surface area contributed by atoms with Crippen LogP contribution >= 0.6 is 11.6 Å². The van der Waals surface area contributed by atoms with E-state index in [-0.39, 0.29) is 11.5 Å². The molecule has 0 amide bonds. The Kier molecular flexibility index (Phi) is 5.46. The lowest BCUT2D eigenvalue weighted by Crippen LogP contribution is -2.41. The Bertz CT molecular complexity index is 1210. The number of carbonyl (C=O) groups excluding carboxylic acids is 1. The summed E-state index contributed by atoms with van der Waals surface area (Å²) in [5.74, 6) is 0.903. The minimum atomic E-state index is -3.76. The van der Waals surface area contributed by atoms with Crippen LogP contribution in [0.1, 0.15) is 30.4 Å². The van der Waals surface area contributed by atoms with Crippen molar-refractivity contribution in [1.29, 1.82) is 0 Å². The molecule has 0 N–H and O–H groups in total. The lowest BCUT2D eigenvalue weighted by atomic mass is 10.1. The molecular formula is C22H21ClN2O6S. The topological polar surface area (TPSA) is 94.5 Å². The summed E-state index contributed by atoms with van der Waals surface area (Å²) in [6, 6.07) is 9.50. The van der Waals surface area contributed by atoms with Crippen LogP contribution in [0.3, 0.4) is 0 Å². The van der Waals surface area contributed by atoms with Crippen LogP contribution in [-0.4, -0.2) is 50.9 Å². The first-order chi connectivity index (χ1) is 15.4. The summed E-state index contributed by atoms with van der Waals surface area (Å²) in [7, 11) is -3.76. The first kappa shape index (κ1) is 21.1. The van der Waals surface area contributed by atoms with Gasteiger partial charge in [0.1, 0.15) is 17.5 Å². The van der Waals surface area contributed by atoms with Gasteiger partial charge in [0.05, 0.1) is 18.2 Å². The molecular weight excluding hydrogens is 456 g/mol. The molecule has 3 heterocycles. The molecule has 1 atom stereocenters. The van der Waals surface area contributed by atoms with E-state index in [1.54, 1.807) is 35.2 Å². The molecule has 0 bridgehead atoms. The molecule has 0 aliphatic carbocycles. The summed E-state index contributed by atoms with van der Waals surface area (Å²) in [6.45, 7) is 1.59. The molecule has 0 aromatic heterocycles. The fraction of sp³-hybridized carbons (Fsp3) is 0.364. The number of fused-ring (bicyclic) bond motifs is 2. The standard InChI is InChI=1S/C22H21ClN2O6S/c23-16-11-14(12-18-20(16)30-10-4-9-29-18)13-31-22(26)17-6-3-8-25(17)21-15-5-1-2-7-19(15)32(27,28)24-21/h1-2,5,7,11-12,17H,3-4,6,8-10,13H2. The molecule has 3 aliphatic rings. The summed E-state index contributed by atoms with van der Waals surface area (Å²) in [6.07, 6.45) is 2.05. The molecule has 0 radical (unpaired) electrons. The largest absolute Gasteiger partial charge is 0.489 e. The number of halogens is 1. The second kappa shape index (κ2) is 8.29. The van der Waals surface area contributed by atoms with Gasteiger partial charge < -0.3 is 19.1 Å². The van der Waals surface area contributed by atoms with Crippen LogP contribution < -0.4 is 9.47 Å². The van der Waals surface area contributed by atoms with Gasteiger partial charge in [0.25, 0.3) is 10.0 Å². The SMILES string of the molecule is O=C(OCc1cc(Cl)c2c(c1)OCCCO2)C1CCCN1C1=NS(=O)(=O)c2ccccc21. The van der Waals surface area contributed by atoms with Crippen molar-refractivity contribution in [1.82, 2.24) is 4.90 Å². The summed E-state index contributed by atoms with van der Waals surface area (Å²) in [5.41, 5.74) is 1.20. The van der Waals surface area contributed by atoms with E-state index >= 15 is 0 Å². The number of benzene rings is 2. The van der Waals surface area contributed by atoms with Gasteiger partial charge in [0.2, 0.25) is 0 Å². The van der Waals surface area contributed by atoms with Gasteiger partial charge in [-0.05, 0) is 42.7 Å². The molecule has 1 fully saturated rings. The van der Waals surface area contributed by atoms with Crippen molar-refractivity contribution in [2.45, 2.75) is 36.8 Å². The van der Waals surface area contributed by atoms with Gasteiger partial charge in [-0.2, -0.15) is 8.42 Å². The van der Waals surface area contributed by atoms with Gasteiger partial charge in [0, 0.05) is 18.5 Å². The second-order valence-electron chi connectivity index (χ2n) is 7.80. The minimum absolute atomic E-state index is 0.0148. The summed E-state index contributed by atoms with van der Waals surface area (Å²) >= 11 is 6.32. The lowest BCUT2D eigenvalue weighted by Gasteiger charge is -2.25. The fourth-order valence-electron chi connectivity index (χ4n) is 4.18. The Labute approximate surface area is 190 Å². The summed E-state index contributed by atoms with van der Waals surface area (Å²) < 4.78 is 45.7. The number of amidine groups is 1. The van der Waals surface area contributed by atoms with Gasteiger partial charge >= 0.3 is 5.97 Å². The number of sulfonamides is 1. The van der Waals surface area contributed by atoms with E-state index in [0.717, 1.165) is 12.8 Å². The van der Waals surface area contributed by atoms with Crippen LogP contribution in [0.4, 0.5) is 0 Å². The van der Waals surface area contributed by atoms with Crippen molar-refractivity contribution < 1.29 is 27.4 Å². The maximum atomic E-state index is 12.9. The molecule has 168 valence electrons. The van der Waals surface area contributed by atoms with E-state index < -0.39 is 22.0 Å². The third kappa shape index (κ3) is 3.80. The number of ether oxygens (including phenoxy) is 3. The predicted molar refractivity (Wildman–Crippen MR) is 117 cm³/mol. The van der Waals surface area contributed by atoms with Crippen LogP contribution in [0.5, 0.6) is 11.5 Å². The Morgan fingerprint density at radius 1 is 1.19 bits per heavy atom. The molecule has 3 aliphatic heterocycles. The van der Waals surface area contributed by atoms with Crippen LogP contribution in [0.2, 0.25) is 5.02 Å². The summed E-state index contributed by atoms with van der Waals surface area (Å²) in [4.78, 5) is 14.8. The van der Waals surface area contributed by atoms with E-state index in [2.05, 4.69) is 4.40 Å². The first-order valence-corrected chi connectivity index (χ1v) is 12.2. The quantitative estimate of drug-likeness (QED) is 0.628. The molecule has 2 aromatic carbocycles. The van der Waals surface area contributed by atoms with Gasteiger partial charge in [0.15, 0.2) is 17.3 Å². The second-order valence-corrected chi connectivity index (χ2v) is 9.78. The molecule has 1 saturated heterocycles. The maximum Gasteiger partial charge on any atom is 0.329 e. The van der Waals surface area contributed by atoms with Gasteiger partial charge in [-0.15, -0.1) is 4.40 Å². The zero-order valence-corrected chi connectivity index (χ0v) is 18.7. The fourth-order valence-corrected chi connectivity index (χ4v) is 5.68. The van der Waals surface area contributed by atoms with E-state index in [1.165, 1.54) is 6.07 Å². The van der Waals surface area contributed by atoms with Crippen molar-refractivity contribution in [2.24, 2.45) is 4.40 Å². The normalized spacial score (nSPS) is 21.0. The molecule has 1 unspecified atom stereocenters. The number of hydrogen-bond donors (Lipinski definition) is 0. The van der Waals surface area contributed by atoms with Crippen LogP contribution in [-0.2, 0) is 26.2 Å². The number of rotatable bonds is 3. The molecule has 2 aromatic rings. The Morgan fingerprint density at radius 2 is 2.00 bits per heavy atom. The lowest BCUT2D eigenvalue weighted by molar-refractivity contribution is -0.149. The number of hydrogen-bond acceptors (Lipinski definition) is 7. The van der Waals surface area contributed by atoms with Crippen molar-refractivity contribution in [3.63, 3.8) is 0 Å². The molecule has 8 nitrogen and oxygen atoms in total. The monoisotopic (exact) mass is 476 g/mol. The zero-order valence-electron chi connectivity index (χ0n) is 17.1. The highest BCUT2D eigenvalue weighted by Crippen LogP contribution is 2.38. The van der Waals surface area contributed by atoms with Crippen molar-refractivity contribution in [3.8, 4) is 11.5 Å². The highest BCUT2D eigenvalue weighted by atomic mass is 35.5. The molecule has 32 heavy (non-hydrogen) atoms. The number of esters is 1. The van der Waals surface area contributed by atoms with Crippen LogP contribution in [0.25, 0.3) is 0 Å². The predicted octanol–water partition coefficient (Wildman–Crippen LogP) is 3.16. The third-order valence-electron chi connectivity index (χ3n) is 5.65. The van der Waals surface area contributed by atoms with E-state index in [0.29, 0.717) is 59.7 Å². The first-order valence-electron chi connectivity index (χ1n) is 10.4. The van der Waals surface area contributed by atoms with Crippen LogP contribution in [0.15, 0.2) is 45.7 Å². The van der Waals surface area contributed by atoms with E-state index in [9.17, 15) is 13.2 Å². The van der Waals surface area contributed by atoms with Gasteiger partial charge in [-0.1, -0.05) is 23.7 Å². The molecule has 0 saturated carbocycles. The van der Waals surface area contributed by atoms with Crippen molar-refractivity contribution in [2.75, 3.05) is 19.8 Å². The smallest absolute Gasteiger partial charge is 0.329 e. The Morgan fingerprint density at radius 3 is 2.88 bits per heavy atom. The average Bonchev–Trinajstić information content (AvgIpc) is 3.27.